The third-order valence-electron chi connectivity index (χ3n) is 3.09. The lowest BCUT2D eigenvalue weighted by Crippen LogP contribution is -2.46. The molecule has 3 atom stereocenters. The number of carbonyl (C=O) groups is 1. The van der Waals surface area contributed by atoms with E-state index in [1.807, 2.05) is 0 Å². The van der Waals surface area contributed by atoms with Gasteiger partial charge in [0.2, 0.25) is 5.91 Å². The van der Waals surface area contributed by atoms with Crippen LogP contribution in [0.5, 0.6) is 0 Å². The monoisotopic (exact) mass is 244 g/mol. The third-order valence-corrected chi connectivity index (χ3v) is 3.09. The number of nitrogens with one attached hydrogen (secondary N) is 2. The summed E-state index contributed by atoms with van der Waals surface area (Å²) in [6.45, 7) is 3.42. The van der Waals surface area contributed by atoms with Crippen molar-refractivity contribution in [1.82, 2.24) is 10.6 Å². The minimum Gasteiger partial charge on any atom is -0.383 e. The summed E-state index contributed by atoms with van der Waals surface area (Å²) in [5.41, 5.74) is 0. The van der Waals surface area contributed by atoms with Crippen molar-refractivity contribution in [3.8, 4) is 0 Å². The number of amides is 1. The Balaban J connectivity index is 2.36. The molecule has 0 aliphatic carbocycles. The van der Waals surface area contributed by atoms with E-state index >= 15 is 0 Å². The van der Waals surface area contributed by atoms with Crippen LogP contribution < -0.4 is 10.6 Å². The van der Waals surface area contributed by atoms with Gasteiger partial charge in [0.05, 0.1) is 24.8 Å². The summed E-state index contributed by atoms with van der Waals surface area (Å²) in [7, 11) is 3.33. The number of methoxy groups -OCH3 is 2. The molecule has 0 aromatic heterocycles. The Morgan fingerprint density at radius 2 is 2.29 bits per heavy atom. The van der Waals surface area contributed by atoms with Crippen LogP contribution in [0.2, 0.25) is 0 Å². The van der Waals surface area contributed by atoms with Crippen LogP contribution in [-0.2, 0) is 14.3 Å². The van der Waals surface area contributed by atoms with Crippen molar-refractivity contribution in [3.63, 3.8) is 0 Å². The Hall–Kier alpha value is -0.650. The van der Waals surface area contributed by atoms with Gasteiger partial charge >= 0.3 is 0 Å². The number of rotatable bonds is 7. The number of carbonyl (C=O) groups excluding carboxylic acids is 1. The molecule has 1 fully saturated rings. The molecule has 0 saturated carbocycles. The fourth-order valence-corrected chi connectivity index (χ4v) is 2.13. The van der Waals surface area contributed by atoms with Gasteiger partial charge in [-0.15, -0.1) is 0 Å². The number of hydrogen-bond acceptors (Lipinski definition) is 4. The molecular formula is C12H24N2O3. The Morgan fingerprint density at radius 3 is 2.82 bits per heavy atom. The van der Waals surface area contributed by atoms with Crippen molar-refractivity contribution in [2.75, 3.05) is 27.4 Å². The molecule has 17 heavy (non-hydrogen) atoms. The molecule has 0 bridgehead atoms. The van der Waals surface area contributed by atoms with Crippen molar-refractivity contribution in [2.24, 2.45) is 0 Å². The second-order valence-electron chi connectivity index (χ2n) is 4.50. The van der Waals surface area contributed by atoms with E-state index in [-0.39, 0.29) is 24.1 Å². The van der Waals surface area contributed by atoms with E-state index in [4.69, 9.17) is 9.47 Å². The lowest BCUT2D eigenvalue weighted by Gasteiger charge is -2.19. The Morgan fingerprint density at radius 1 is 1.53 bits per heavy atom. The van der Waals surface area contributed by atoms with E-state index in [1.165, 1.54) is 0 Å². The fourth-order valence-electron chi connectivity index (χ4n) is 2.13. The van der Waals surface area contributed by atoms with Crippen LogP contribution in [-0.4, -0.2) is 51.5 Å². The first-order valence-corrected chi connectivity index (χ1v) is 6.26. The molecule has 5 heteroatoms. The molecule has 0 aromatic rings. The van der Waals surface area contributed by atoms with Gasteiger partial charge in [-0.1, -0.05) is 13.3 Å². The first-order chi connectivity index (χ1) is 8.21. The second kappa shape index (κ2) is 7.63. The summed E-state index contributed by atoms with van der Waals surface area (Å²) in [5.74, 6) is 0.0556. The molecule has 1 rings (SSSR count). The van der Waals surface area contributed by atoms with Crippen molar-refractivity contribution in [2.45, 2.75) is 44.4 Å². The molecule has 1 amide bonds. The lowest BCUT2D eigenvalue weighted by molar-refractivity contribution is -0.124. The van der Waals surface area contributed by atoms with Crippen molar-refractivity contribution in [1.29, 1.82) is 0 Å². The third kappa shape index (κ3) is 4.61. The fraction of sp³-hybridized carbons (Fsp3) is 0.917. The van der Waals surface area contributed by atoms with Crippen LogP contribution in [0.15, 0.2) is 0 Å². The summed E-state index contributed by atoms with van der Waals surface area (Å²) in [6, 6.07) is -0.0166. The van der Waals surface area contributed by atoms with Gasteiger partial charge in [0, 0.05) is 20.8 Å². The van der Waals surface area contributed by atoms with Crippen molar-refractivity contribution >= 4 is 5.91 Å². The molecule has 0 aromatic carbocycles. The molecule has 1 aliphatic heterocycles. The van der Waals surface area contributed by atoms with E-state index in [1.54, 1.807) is 14.2 Å². The minimum atomic E-state index is -0.129. The molecule has 2 N–H and O–H groups in total. The van der Waals surface area contributed by atoms with Gasteiger partial charge in [-0.3, -0.25) is 4.79 Å². The van der Waals surface area contributed by atoms with Crippen molar-refractivity contribution in [3.05, 3.63) is 0 Å². The highest BCUT2D eigenvalue weighted by Crippen LogP contribution is 2.10. The number of ether oxygens (including phenoxy) is 2. The van der Waals surface area contributed by atoms with Crippen LogP contribution in [0.4, 0.5) is 0 Å². The summed E-state index contributed by atoms with van der Waals surface area (Å²) < 4.78 is 10.3. The van der Waals surface area contributed by atoms with Gasteiger partial charge in [0.15, 0.2) is 0 Å². The molecule has 3 unspecified atom stereocenters. The van der Waals surface area contributed by atoms with E-state index in [0.29, 0.717) is 6.61 Å². The van der Waals surface area contributed by atoms with Gasteiger partial charge in [-0.25, -0.2) is 0 Å². The van der Waals surface area contributed by atoms with Gasteiger partial charge in [0.25, 0.3) is 0 Å². The molecule has 5 nitrogen and oxygen atoms in total. The zero-order valence-corrected chi connectivity index (χ0v) is 11.0. The van der Waals surface area contributed by atoms with Gasteiger partial charge in [-0.2, -0.15) is 0 Å². The standard InChI is InChI=1S/C12H24N2O3/c1-4-5-9(8-16-2)14-12(15)11-6-10(17-3)7-13-11/h9-11,13H,4-8H2,1-3H3,(H,14,15). The van der Waals surface area contributed by atoms with E-state index < -0.39 is 0 Å². The zero-order chi connectivity index (χ0) is 12.7. The molecule has 1 heterocycles. The minimum absolute atomic E-state index is 0.0556. The summed E-state index contributed by atoms with van der Waals surface area (Å²) >= 11 is 0. The molecule has 0 radical (unpaired) electrons. The number of hydrogen-bond donors (Lipinski definition) is 2. The predicted molar refractivity (Wildman–Crippen MR) is 65.9 cm³/mol. The first-order valence-electron chi connectivity index (χ1n) is 6.26. The van der Waals surface area contributed by atoms with Crippen LogP contribution >= 0.6 is 0 Å². The molecular weight excluding hydrogens is 220 g/mol. The Labute approximate surface area is 103 Å². The largest absolute Gasteiger partial charge is 0.383 e. The van der Waals surface area contributed by atoms with Crippen molar-refractivity contribution < 1.29 is 14.3 Å². The summed E-state index contributed by atoms with van der Waals surface area (Å²) in [4.78, 5) is 12.0. The lowest BCUT2D eigenvalue weighted by atomic mass is 10.1. The highest BCUT2D eigenvalue weighted by Gasteiger charge is 2.30. The normalized spacial score (nSPS) is 25.8. The van der Waals surface area contributed by atoms with Gasteiger partial charge in [0.1, 0.15) is 0 Å². The molecule has 100 valence electrons. The molecule has 0 spiro atoms. The summed E-state index contributed by atoms with van der Waals surface area (Å²) in [6.07, 6.45) is 2.87. The van der Waals surface area contributed by atoms with Crippen LogP contribution in [0.1, 0.15) is 26.2 Å². The maximum Gasteiger partial charge on any atom is 0.237 e. The van der Waals surface area contributed by atoms with E-state index in [0.717, 1.165) is 25.8 Å². The highest BCUT2D eigenvalue weighted by atomic mass is 16.5. The first kappa shape index (κ1) is 14.4. The Bertz CT molecular complexity index is 230. The average molecular weight is 244 g/mol. The quantitative estimate of drug-likeness (QED) is 0.676. The van der Waals surface area contributed by atoms with Gasteiger partial charge < -0.3 is 20.1 Å². The topological polar surface area (TPSA) is 59.6 Å². The Kier molecular flexibility index (Phi) is 6.47. The summed E-state index contributed by atoms with van der Waals surface area (Å²) in [5, 5.41) is 6.19. The van der Waals surface area contributed by atoms with E-state index in [9.17, 15) is 4.79 Å². The molecule has 1 aliphatic rings. The smallest absolute Gasteiger partial charge is 0.237 e. The predicted octanol–water partition coefficient (Wildman–Crippen LogP) is 0.295. The van der Waals surface area contributed by atoms with Gasteiger partial charge in [-0.05, 0) is 12.8 Å². The van der Waals surface area contributed by atoms with Crippen LogP contribution in [0, 0.1) is 0 Å². The van der Waals surface area contributed by atoms with Crippen LogP contribution in [0.25, 0.3) is 0 Å². The highest BCUT2D eigenvalue weighted by molar-refractivity contribution is 5.82. The SMILES string of the molecule is CCCC(COC)NC(=O)C1CC(OC)CN1. The average Bonchev–Trinajstić information content (AvgIpc) is 2.78. The maximum atomic E-state index is 12.0. The second-order valence-corrected chi connectivity index (χ2v) is 4.50. The van der Waals surface area contributed by atoms with Crippen LogP contribution in [0.3, 0.4) is 0 Å². The zero-order valence-electron chi connectivity index (χ0n) is 11.0. The maximum absolute atomic E-state index is 12.0. The van der Waals surface area contributed by atoms with E-state index in [2.05, 4.69) is 17.6 Å². The molecule has 1 saturated heterocycles.